The van der Waals surface area contributed by atoms with Crippen LogP contribution in [-0.4, -0.2) is 17.8 Å². The number of aliphatic hydroxyl groups is 1. The van der Waals surface area contributed by atoms with Gasteiger partial charge in [-0.05, 0) is 23.3 Å². The molecule has 2 rings (SSSR count). The summed E-state index contributed by atoms with van der Waals surface area (Å²) >= 11 is 0. The number of fused-ring (bicyclic) bond motifs is 1. The molecule has 2 N–H and O–H groups in total. The molecule has 1 atom stereocenters. The first-order valence-corrected chi connectivity index (χ1v) is 5.62. The van der Waals surface area contributed by atoms with Crippen LogP contribution in [0.5, 0.6) is 0 Å². The Bertz CT molecular complexity index is 462. The van der Waals surface area contributed by atoms with Crippen molar-refractivity contribution in [3.8, 4) is 0 Å². The smallest absolute Gasteiger partial charge is 0.0582 e. The number of aliphatic hydroxyl groups excluding tert-OH is 1. The molecule has 0 bridgehead atoms. The van der Waals surface area contributed by atoms with Gasteiger partial charge in [0, 0.05) is 12.6 Å². The Morgan fingerprint density at radius 2 is 1.88 bits per heavy atom. The summed E-state index contributed by atoms with van der Waals surface area (Å²) in [6.45, 7) is 2.94. The summed E-state index contributed by atoms with van der Waals surface area (Å²) in [6.07, 6.45) is 0. The van der Waals surface area contributed by atoms with E-state index in [4.69, 9.17) is 5.11 Å². The summed E-state index contributed by atoms with van der Waals surface area (Å²) in [4.78, 5) is 0. The van der Waals surface area contributed by atoms with E-state index < -0.39 is 0 Å². The van der Waals surface area contributed by atoms with Crippen molar-refractivity contribution in [3.05, 3.63) is 48.0 Å². The molecule has 0 fully saturated rings. The third kappa shape index (κ3) is 2.40. The van der Waals surface area contributed by atoms with Crippen LogP contribution in [0, 0.1) is 0 Å². The molecule has 2 nitrogen and oxygen atoms in total. The fourth-order valence-electron chi connectivity index (χ4n) is 1.80. The van der Waals surface area contributed by atoms with Crippen molar-refractivity contribution in [1.82, 2.24) is 5.32 Å². The van der Waals surface area contributed by atoms with Crippen molar-refractivity contribution in [3.63, 3.8) is 0 Å². The fraction of sp³-hybridized carbons (Fsp3) is 0.286. The van der Waals surface area contributed by atoms with Crippen LogP contribution in [0.4, 0.5) is 0 Å². The van der Waals surface area contributed by atoms with Gasteiger partial charge in [-0.3, -0.25) is 0 Å². The molecule has 0 saturated heterocycles. The Balaban J connectivity index is 2.23. The molecule has 2 aromatic carbocycles. The Morgan fingerprint density at radius 3 is 2.69 bits per heavy atom. The summed E-state index contributed by atoms with van der Waals surface area (Å²) in [5, 5.41) is 14.8. The third-order valence-electron chi connectivity index (χ3n) is 2.79. The molecule has 16 heavy (non-hydrogen) atoms. The van der Waals surface area contributed by atoms with E-state index in [1.54, 1.807) is 0 Å². The van der Waals surface area contributed by atoms with Gasteiger partial charge in [-0.1, -0.05) is 42.5 Å². The second-order valence-electron chi connectivity index (χ2n) is 4.10. The van der Waals surface area contributed by atoms with Gasteiger partial charge in [0.15, 0.2) is 0 Å². The molecule has 0 spiro atoms. The molecule has 0 aliphatic carbocycles. The molecule has 0 aromatic heterocycles. The van der Waals surface area contributed by atoms with E-state index in [1.807, 2.05) is 6.92 Å². The highest BCUT2D eigenvalue weighted by Crippen LogP contribution is 2.18. The summed E-state index contributed by atoms with van der Waals surface area (Å²) in [6, 6.07) is 14.8. The molecule has 0 aliphatic rings. The Kier molecular flexibility index (Phi) is 3.54. The summed E-state index contributed by atoms with van der Waals surface area (Å²) < 4.78 is 0. The van der Waals surface area contributed by atoms with Crippen LogP contribution < -0.4 is 5.32 Å². The highest BCUT2D eigenvalue weighted by Gasteiger charge is 2.02. The van der Waals surface area contributed by atoms with Crippen LogP contribution in [0.15, 0.2) is 42.5 Å². The minimum atomic E-state index is 0.138. The number of hydrogen-bond acceptors (Lipinski definition) is 2. The van der Waals surface area contributed by atoms with Gasteiger partial charge < -0.3 is 10.4 Å². The number of nitrogens with one attached hydrogen (secondary N) is 1. The monoisotopic (exact) mass is 215 g/mol. The SMILES string of the molecule is C[C@H](CO)NCc1cccc2ccccc12. The van der Waals surface area contributed by atoms with E-state index in [9.17, 15) is 0 Å². The third-order valence-corrected chi connectivity index (χ3v) is 2.79. The van der Waals surface area contributed by atoms with E-state index in [-0.39, 0.29) is 12.6 Å². The molecule has 2 aromatic rings. The average molecular weight is 215 g/mol. The number of benzene rings is 2. The van der Waals surface area contributed by atoms with Crippen LogP contribution in [0.1, 0.15) is 12.5 Å². The van der Waals surface area contributed by atoms with Crippen molar-refractivity contribution >= 4 is 10.8 Å². The van der Waals surface area contributed by atoms with Crippen molar-refractivity contribution in [1.29, 1.82) is 0 Å². The van der Waals surface area contributed by atoms with E-state index >= 15 is 0 Å². The lowest BCUT2D eigenvalue weighted by Crippen LogP contribution is -2.28. The van der Waals surface area contributed by atoms with Gasteiger partial charge in [0.1, 0.15) is 0 Å². The average Bonchev–Trinajstić information content (AvgIpc) is 2.35. The first kappa shape index (κ1) is 11.1. The van der Waals surface area contributed by atoms with Crippen LogP contribution in [0.2, 0.25) is 0 Å². The first-order chi connectivity index (χ1) is 7.81. The largest absolute Gasteiger partial charge is 0.395 e. The second-order valence-corrected chi connectivity index (χ2v) is 4.10. The van der Waals surface area contributed by atoms with Crippen molar-refractivity contribution in [2.24, 2.45) is 0 Å². The van der Waals surface area contributed by atoms with Crippen molar-refractivity contribution in [2.75, 3.05) is 6.61 Å². The van der Waals surface area contributed by atoms with Crippen LogP contribution in [0.3, 0.4) is 0 Å². The Morgan fingerprint density at radius 1 is 1.12 bits per heavy atom. The van der Waals surface area contributed by atoms with E-state index in [2.05, 4.69) is 47.8 Å². The van der Waals surface area contributed by atoms with E-state index in [1.165, 1.54) is 16.3 Å². The van der Waals surface area contributed by atoms with E-state index in [0.29, 0.717) is 0 Å². The first-order valence-electron chi connectivity index (χ1n) is 5.62. The van der Waals surface area contributed by atoms with Gasteiger partial charge in [-0.25, -0.2) is 0 Å². The standard InChI is InChI=1S/C14H17NO/c1-11(10-16)15-9-13-7-4-6-12-5-2-3-8-14(12)13/h2-8,11,15-16H,9-10H2,1H3/t11-/m1/s1. The lowest BCUT2D eigenvalue weighted by Gasteiger charge is -2.12. The molecule has 0 saturated carbocycles. The highest BCUT2D eigenvalue weighted by molar-refractivity contribution is 5.85. The lowest BCUT2D eigenvalue weighted by molar-refractivity contribution is 0.251. The van der Waals surface area contributed by atoms with Crippen molar-refractivity contribution < 1.29 is 5.11 Å². The lowest BCUT2D eigenvalue weighted by atomic mass is 10.0. The second kappa shape index (κ2) is 5.10. The van der Waals surface area contributed by atoms with Crippen LogP contribution in [-0.2, 0) is 6.54 Å². The summed E-state index contributed by atoms with van der Waals surface area (Å²) in [5.74, 6) is 0. The van der Waals surface area contributed by atoms with Crippen LogP contribution in [0.25, 0.3) is 10.8 Å². The number of rotatable bonds is 4. The molecule has 0 aliphatic heterocycles. The van der Waals surface area contributed by atoms with Gasteiger partial charge in [-0.2, -0.15) is 0 Å². The molecule has 0 heterocycles. The van der Waals surface area contributed by atoms with Crippen molar-refractivity contribution in [2.45, 2.75) is 19.5 Å². The number of hydrogen-bond donors (Lipinski definition) is 2. The summed E-state index contributed by atoms with van der Waals surface area (Å²) in [7, 11) is 0. The molecule has 0 amide bonds. The van der Waals surface area contributed by atoms with Gasteiger partial charge in [0.05, 0.1) is 6.61 Å². The maximum atomic E-state index is 8.96. The molecule has 84 valence electrons. The molecule has 0 radical (unpaired) electrons. The Hall–Kier alpha value is -1.38. The molecular formula is C14H17NO. The van der Waals surface area contributed by atoms with Gasteiger partial charge in [0.25, 0.3) is 0 Å². The zero-order valence-corrected chi connectivity index (χ0v) is 9.48. The van der Waals surface area contributed by atoms with Gasteiger partial charge in [-0.15, -0.1) is 0 Å². The topological polar surface area (TPSA) is 32.3 Å². The van der Waals surface area contributed by atoms with Gasteiger partial charge in [0.2, 0.25) is 0 Å². The quantitative estimate of drug-likeness (QED) is 0.820. The van der Waals surface area contributed by atoms with E-state index in [0.717, 1.165) is 6.54 Å². The predicted octanol–water partition coefficient (Wildman–Crippen LogP) is 2.31. The molecule has 2 heteroatoms. The minimum absolute atomic E-state index is 0.138. The van der Waals surface area contributed by atoms with Gasteiger partial charge >= 0.3 is 0 Å². The fourth-order valence-corrected chi connectivity index (χ4v) is 1.80. The minimum Gasteiger partial charge on any atom is -0.395 e. The Labute approximate surface area is 95.9 Å². The molecule has 0 unspecified atom stereocenters. The highest BCUT2D eigenvalue weighted by atomic mass is 16.3. The molecular weight excluding hydrogens is 198 g/mol. The van der Waals surface area contributed by atoms with Crippen LogP contribution >= 0.6 is 0 Å². The maximum absolute atomic E-state index is 8.96. The zero-order valence-electron chi connectivity index (χ0n) is 9.48. The maximum Gasteiger partial charge on any atom is 0.0582 e. The zero-order chi connectivity index (χ0) is 11.4. The predicted molar refractivity (Wildman–Crippen MR) is 67.3 cm³/mol. The summed E-state index contributed by atoms with van der Waals surface area (Å²) in [5.41, 5.74) is 1.28. The normalized spacial score (nSPS) is 12.9.